The normalized spacial score (nSPS) is 18.9. The zero-order chi connectivity index (χ0) is 18.2. The van der Waals surface area contributed by atoms with Crippen LogP contribution in [0.25, 0.3) is 0 Å². The van der Waals surface area contributed by atoms with E-state index in [9.17, 15) is 5.11 Å². The Kier molecular flexibility index (Phi) is 11.4. The number of nitrogens with zero attached hydrogens (tertiary/aromatic N) is 3. The van der Waals surface area contributed by atoms with Gasteiger partial charge >= 0.3 is 0 Å². The van der Waals surface area contributed by atoms with E-state index in [4.69, 9.17) is 11.6 Å². The van der Waals surface area contributed by atoms with E-state index in [2.05, 4.69) is 40.9 Å². The topological polar surface area (TPSA) is 51.1 Å². The molecule has 0 radical (unpaired) electrons. The molecule has 1 saturated heterocycles. The monoisotopic (exact) mass is 514 g/mol. The molecule has 8 heteroatoms. The van der Waals surface area contributed by atoms with E-state index in [0.29, 0.717) is 16.8 Å². The summed E-state index contributed by atoms with van der Waals surface area (Å²) in [6.07, 6.45) is 0.601. The molecule has 1 fully saturated rings. The molecule has 0 spiro atoms. The summed E-state index contributed by atoms with van der Waals surface area (Å²) in [4.78, 5) is 10.3. The minimum atomic E-state index is -0.597. The molecule has 1 aromatic heterocycles. The fourth-order valence-corrected chi connectivity index (χ4v) is 4.26. The van der Waals surface area contributed by atoms with Gasteiger partial charge in [-0.25, -0.2) is 0 Å². The first-order valence-corrected chi connectivity index (χ1v) is 10.5. The van der Waals surface area contributed by atoms with E-state index in [-0.39, 0.29) is 24.0 Å². The van der Waals surface area contributed by atoms with E-state index < -0.39 is 6.10 Å². The van der Waals surface area contributed by atoms with Gasteiger partial charge in [0.2, 0.25) is 0 Å². The van der Waals surface area contributed by atoms with Gasteiger partial charge in [0.25, 0.3) is 0 Å². The number of hydrogen-bond acceptors (Lipinski definition) is 4. The Hall–Kier alpha value is -0.0900. The zero-order valence-corrected chi connectivity index (χ0v) is 19.9. The van der Waals surface area contributed by atoms with Crippen LogP contribution in [0, 0.1) is 5.92 Å². The highest BCUT2D eigenvalue weighted by Gasteiger charge is 2.26. The molecule has 0 aromatic carbocycles. The summed E-state index contributed by atoms with van der Waals surface area (Å²) in [6, 6.07) is 3.69. The Morgan fingerprint density at radius 1 is 1.42 bits per heavy atom. The molecule has 150 valence electrons. The van der Waals surface area contributed by atoms with Crippen LogP contribution in [0.4, 0.5) is 0 Å². The number of aliphatic hydroxyl groups excluding tert-OH is 1. The molecule has 0 amide bonds. The molecule has 5 nitrogen and oxygen atoms in total. The molecule has 0 bridgehead atoms. The zero-order valence-electron chi connectivity index (χ0n) is 15.9. The van der Waals surface area contributed by atoms with E-state index in [1.54, 1.807) is 0 Å². The molecule has 0 aliphatic carbocycles. The molecule has 1 aromatic rings. The molecule has 2 N–H and O–H groups in total. The van der Waals surface area contributed by atoms with Gasteiger partial charge in [-0.1, -0.05) is 25.4 Å². The van der Waals surface area contributed by atoms with Gasteiger partial charge in [0, 0.05) is 31.1 Å². The van der Waals surface area contributed by atoms with E-state index in [1.807, 2.05) is 12.1 Å². The average Bonchev–Trinajstić information content (AvgIpc) is 3.25. The predicted octanol–water partition coefficient (Wildman–Crippen LogP) is 3.68. The first-order valence-electron chi connectivity index (χ1n) is 9.26. The van der Waals surface area contributed by atoms with Gasteiger partial charge in [-0.15, -0.1) is 35.3 Å². The van der Waals surface area contributed by atoms with Crippen LogP contribution in [0.3, 0.4) is 0 Å². The van der Waals surface area contributed by atoms with Crippen molar-refractivity contribution < 1.29 is 5.11 Å². The van der Waals surface area contributed by atoms with Crippen molar-refractivity contribution in [3.8, 4) is 0 Å². The van der Waals surface area contributed by atoms with Crippen LogP contribution >= 0.6 is 46.9 Å². The average molecular weight is 515 g/mol. The Bertz CT molecular complexity index is 553. The van der Waals surface area contributed by atoms with Crippen molar-refractivity contribution in [2.75, 3.05) is 45.8 Å². The number of rotatable bonds is 8. The molecule has 2 atom stereocenters. The summed E-state index contributed by atoms with van der Waals surface area (Å²) in [7, 11) is 0. The number of nitrogens with one attached hydrogen (secondary N) is 1. The van der Waals surface area contributed by atoms with Crippen LogP contribution in [0.2, 0.25) is 4.34 Å². The maximum absolute atomic E-state index is 10.3. The standard InChI is InChI=1S/C18H31ClN4OS.HI/c1-4-20-18(21-11-15(24)16-7-8-17(19)25-16)23-10-9-14(13-23)12-22(5-2)6-3;/h7-8,14-15,24H,4-6,9-13H2,1-3H3,(H,20,21);1H. The van der Waals surface area contributed by atoms with Crippen molar-refractivity contribution in [2.24, 2.45) is 10.9 Å². The summed E-state index contributed by atoms with van der Waals surface area (Å²) in [5.41, 5.74) is 0. The summed E-state index contributed by atoms with van der Waals surface area (Å²) >= 11 is 7.36. The maximum Gasteiger partial charge on any atom is 0.194 e. The lowest BCUT2D eigenvalue weighted by atomic mass is 10.1. The Balaban J connectivity index is 0.00000338. The third-order valence-electron chi connectivity index (χ3n) is 4.67. The third kappa shape index (κ3) is 7.14. The lowest BCUT2D eigenvalue weighted by Gasteiger charge is -2.24. The van der Waals surface area contributed by atoms with Gasteiger partial charge in [-0.2, -0.15) is 0 Å². The first kappa shape index (κ1) is 23.9. The molecule has 2 unspecified atom stereocenters. The second-order valence-corrected chi connectivity index (χ2v) is 8.19. The van der Waals surface area contributed by atoms with E-state index in [0.717, 1.165) is 50.1 Å². The van der Waals surface area contributed by atoms with Crippen LogP contribution in [-0.2, 0) is 0 Å². The van der Waals surface area contributed by atoms with Crippen molar-refractivity contribution in [2.45, 2.75) is 33.3 Å². The molecule has 0 saturated carbocycles. The number of thiophene rings is 1. The van der Waals surface area contributed by atoms with Gasteiger partial charge in [-0.3, -0.25) is 4.99 Å². The molecule has 1 aliphatic rings. The van der Waals surface area contributed by atoms with E-state index >= 15 is 0 Å². The highest BCUT2D eigenvalue weighted by Crippen LogP contribution is 2.27. The molecular weight excluding hydrogens is 483 g/mol. The highest BCUT2D eigenvalue weighted by atomic mass is 127. The minimum absolute atomic E-state index is 0. The fourth-order valence-electron chi connectivity index (χ4n) is 3.22. The predicted molar refractivity (Wildman–Crippen MR) is 123 cm³/mol. The number of likely N-dealkylation sites (tertiary alicyclic amines) is 1. The maximum atomic E-state index is 10.3. The molecule has 26 heavy (non-hydrogen) atoms. The van der Waals surface area contributed by atoms with Gasteiger partial charge in [0.1, 0.15) is 6.10 Å². The van der Waals surface area contributed by atoms with Crippen molar-refractivity contribution in [3.63, 3.8) is 0 Å². The van der Waals surface area contributed by atoms with Gasteiger partial charge in [0.15, 0.2) is 5.96 Å². The minimum Gasteiger partial charge on any atom is -0.386 e. The van der Waals surface area contributed by atoms with Crippen molar-refractivity contribution >= 4 is 52.9 Å². The Labute approximate surface area is 183 Å². The van der Waals surface area contributed by atoms with Crippen molar-refractivity contribution in [1.29, 1.82) is 0 Å². The summed E-state index contributed by atoms with van der Waals surface area (Å²) in [6.45, 7) is 13.1. The smallest absolute Gasteiger partial charge is 0.194 e. The third-order valence-corrected chi connectivity index (χ3v) is 6.00. The molecular formula is C18H32ClIN4OS. The van der Waals surface area contributed by atoms with Gasteiger partial charge < -0.3 is 20.2 Å². The number of aliphatic hydroxyl groups is 1. The number of hydrogen-bond donors (Lipinski definition) is 2. The highest BCUT2D eigenvalue weighted by molar-refractivity contribution is 14.0. The fraction of sp³-hybridized carbons (Fsp3) is 0.722. The van der Waals surface area contributed by atoms with Crippen molar-refractivity contribution in [1.82, 2.24) is 15.1 Å². The Morgan fingerprint density at radius 3 is 2.73 bits per heavy atom. The van der Waals surface area contributed by atoms with Gasteiger partial charge in [-0.05, 0) is 44.5 Å². The Morgan fingerprint density at radius 2 is 2.15 bits per heavy atom. The van der Waals surface area contributed by atoms with Gasteiger partial charge in [0.05, 0.1) is 10.9 Å². The number of aliphatic imine (C=N–C) groups is 1. The first-order chi connectivity index (χ1) is 12.1. The molecule has 2 heterocycles. The summed E-state index contributed by atoms with van der Waals surface area (Å²) in [5.74, 6) is 1.59. The summed E-state index contributed by atoms with van der Waals surface area (Å²) < 4.78 is 0.698. The second-order valence-electron chi connectivity index (χ2n) is 6.44. The largest absolute Gasteiger partial charge is 0.386 e. The second kappa shape index (κ2) is 12.4. The SMILES string of the molecule is CCNC(=NCC(O)c1ccc(Cl)s1)N1CCC(CN(CC)CC)C1.I. The van der Waals surface area contributed by atoms with Crippen LogP contribution in [0.15, 0.2) is 17.1 Å². The molecule has 1 aliphatic heterocycles. The summed E-state index contributed by atoms with van der Waals surface area (Å²) in [5, 5.41) is 13.7. The van der Waals surface area contributed by atoms with Crippen LogP contribution < -0.4 is 5.32 Å². The van der Waals surface area contributed by atoms with Crippen LogP contribution in [-0.4, -0.2) is 66.7 Å². The van der Waals surface area contributed by atoms with E-state index in [1.165, 1.54) is 17.8 Å². The lowest BCUT2D eigenvalue weighted by molar-refractivity contribution is 0.190. The lowest BCUT2D eigenvalue weighted by Crippen LogP contribution is -2.41. The van der Waals surface area contributed by atoms with Crippen molar-refractivity contribution in [3.05, 3.63) is 21.3 Å². The number of guanidine groups is 1. The van der Waals surface area contributed by atoms with Crippen LogP contribution in [0.1, 0.15) is 38.2 Å². The quantitative estimate of drug-likeness (QED) is 0.316. The van der Waals surface area contributed by atoms with Crippen LogP contribution in [0.5, 0.6) is 0 Å². The molecule has 2 rings (SSSR count). The number of halogens is 2.